The van der Waals surface area contributed by atoms with Crippen LogP contribution in [0.15, 0.2) is 36.4 Å². The smallest absolute Gasteiger partial charge is 0.412 e. The van der Waals surface area contributed by atoms with Gasteiger partial charge in [0.25, 0.3) is 0 Å². The molecule has 0 unspecified atom stereocenters. The van der Waals surface area contributed by atoms with Gasteiger partial charge in [-0.2, -0.15) is 0 Å². The summed E-state index contributed by atoms with van der Waals surface area (Å²) in [6.45, 7) is 5.21. The van der Waals surface area contributed by atoms with Crippen molar-refractivity contribution in [3.63, 3.8) is 0 Å². The van der Waals surface area contributed by atoms with Crippen molar-refractivity contribution in [1.29, 1.82) is 0 Å². The summed E-state index contributed by atoms with van der Waals surface area (Å²) in [6, 6.07) is 8.27. The van der Waals surface area contributed by atoms with Gasteiger partial charge in [0.2, 0.25) is 0 Å². The summed E-state index contributed by atoms with van der Waals surface area (Å²) in [5, 5.41) is 2.53. The standard InChI is InChI=1S/C17H18F2N2O2/c1-17(2,3)23-16(22)21-12-6-4-5-10(7-12)15-13(18)8-11(20)9-14(15)19/h4-9H,20H2,1-3H3,(H,21,22). The molecule has 0 aliphatic carbocycles. The highest BCUT2D eigenvalue weighted by atomic mass is 19.1. The maximum Gasteiger partial charge on any atom is 0.412 e. The maximum atomic E-state index is 14.0. The lowest BCUT2D eigenvalue weighted by Crippen LogP contribution is -2.27. The fraction of sp³-hybridized carbons (Fsp3) is 0.235. The van der Waals surface area contributed by atoms with Crippen molar-refractivity contribution in [1.82, 2.24) is 0 Å². The molecule has 122 valence electrons. The largest absolute Gasteiger partial charge is 0.444 e. The molecule has 0 saturated carbocycles. The molecule has 0 spiro atoms. The van der Waals surface area contributed by atoms with Gasteiger partial charge in [-0.25, -0.2) is 13.6 Å². The molecule has 0 aliphatic rings. The van der Waals surface area contributed by atoms with Crippen LogP contribution in [0, 0.1) is 11.6 Å². The van der Waals surface area contributed by atoms with Crippen LogP contribution in [0.4, 0.5) is 25.0 Å². The average molecular weight is 320 g/mol. The first-order chi connectivity index (χ1) is 10.7. The monoisotopic (exact) mass is 320 g/mol. The number of carbonyl (C=O) groups is 1. The van der Waals surface area contributed by atoms with E-state index in [4.69, 9.17) is 10.5 Å². The number of hydrogen-bond acceptors (Lipinski definition) is 3. The summed E-state index contributed by atoms with van der Waals surface area (Å²) in [4.78, 5) is 11.8. The summed E-state index contributed by atoms with van der Waals surface area (Å²) in [7, 11) is 0. The van der Waals surface area contributed by atoms with Crippen LogP contribution in [0.25, 0.3) is 11.1 Å². The molecule has 2 aromatic carbocycles. The van der Waals surface area contributed by atoms with E-state index < -0.39 is 23.3 Å². The lowest BCUT2D eigenvalue weighted by atomic mass is 10.0. The van der Waals surface area contributed by atoms with E-state index in [1.807, 2.05) is 0 Å². The van der Waals surface area contributed by atoms with Crippen LogP contribution >= 0.6 is 0 Å². The summed E-state index contributed by atoms with van der Waals surface area (Å²) in [5.74, 6) is -1.53. The van der Waals surface area contributed by atoms with Crippen molar-refractivity contribution in [2.24, 2.45) is 0 Å². The van der Waals surface area contributed by atoms with Crippen LogP contribution in [0.2, 0.25) is 0 Å². The Hall–Kier alpha value is -2.63. The first-order valence-corrected chi connectivity index (χ1v) is 7.01. The fourth-order valence-electron chi connectivity index (χ4n) is 2.04. The summed E-state index contributed by atoms with van der Waals surface area (Å²) in [6.07, 6.45) is -0.645. The molecule has 0 heterocycles. The van der Waals surface area contributed by atoms with E-state index >= 15 is 0 Å². The van der Waals surface area contributed by atoms with E-state index in [0.717, 1.165) is 12.1 Å². The summed E-state index contributed by atoms with van der Waals surface area (Å²) >= 11 is 0. The van der Waals surface area contributed by atoms with Gasteiger partial charge in [0.1, 0.15) is 17.2 Å². The Labute approximate surface area is 133 Å². The van der Waals surface area contributed by atoms with E-state index in [0.29, 0.717) is 5.69 Å². The molecule has 0 bridgehead atoms. The molecule has 0 radical (unpaired) electrons. The Bertz CT molecular complexity index is 717. The van der Waals surface area contributed by atoms with E-state index in [-0.39, 0.29) is 16.8 Å². The number of benzene rings is 2. The van der Waals surface area contributed by atoms with E-state index in [1.54, 1.807) is 32.9 Å². The Balaban J connectivity index is 2.29. The number of ether oxygens (including phenoxy) is 1. The van der Waals surface area contributed by atoms with Gasteiger partial charge in [0.05, 0.1) is 5.56 Å². The Kier molecular flexibility index (Phi) is 4.54. The second-order valence-electron chi connectivity index (χ2n) is 6.07. The van der Waals surface area contributed by atoms with Crippen LogP contribution in [0.5, 0.6) is 0 Å². The third kappa shape index (κ3) is 4.42. The fourth-order valence-corrected chi connectivity index (χ4v) is 2.04. The number of amides is 1. The number of nitrogens with one attached hydrogen (secondary N) is 1. The molecule has 1 amide bonds. The predicted octanol–water partition coefficient (Wildman–Crippen LogP) is 4.56. The van der Waals surface area contributed by atoms with Crippen molar-refractivity contribution >= 4 is 17.5 Å². The van der Waals surface area contributed by atoms with Gasteiger partial charge in [-0.05, 0) is 50.6 Å². The quantitative estimate of drug-likeness (QED) is 0.797. The Morgan fingerprint density at radius 2 is 1.74 bits per heavy atom. The molecule has 0 aliphatic heterocycles. The number of hydrogen-bond donors (Lipinski definition) is 2. The highest BCUT2D eigenvalue weighted by molar-refractivity contribution is 5.86. The summed E-state index contributed by atoms with van der Waals surface area (Å²) < 4.78 is 33.1. The number of carbonyl (C=O) groups excluding carboxylic acids is 1. The average Bonchev–Trinajstić information content (AvgIpc) is 2.35. The normalized spacial score (nSPS) is 11.2. The van der Waals surface area contributed by atoms with Gasteiger partial charge in [0.15, 0.2) is 0 Å². The lowest BCUT2D eigenvalue weighted by molar-refractivity contribution is 0.0636. The van der Waals surface area contributed by atoms with Crippen molar-refractivity contribution in [3.8, 4) is 11.1 Å². The van der Waals surface area contributed by atoms with Gasteiger partial charge >= 0.3 is 6.09 Å². The number of rotatable bonds is 2. The SMILES string of the molecule is CC(C)(C)OC(=O)Nc1cccc(-c2c(F)cc(N)cc2F)c1. The number of halogens is 2. The Morgan fingerprint density at radius 3 is 2.30 bits per heavy atom. The number of anilines is 2. The first-order valence-electron chi connectivity index (χ1n) is 7.01. The second kappa shape index (κ2) is 6.24. The van der Waals surface area contributed by atoms with Crippen LogP contribution in [-0.2, 0) is 4.74 Å². The third-order valence-corrected chi connectivity index (χ3v) is 2.86. The van der Waals surface area contributed by atoms with E-state index in [9.17, 15) is 13.6 Å². The molecule has 6 heteroatoms. The molecule has 0 saturated heterocycles. The van der Waals surface area contributed by atoms with Gasteiger partial charge in [-0.15, -0.1) is 0 Å². The molecular weight excluding hydrogens is 302 g/mol. The molecule has 0 aromatic heterocycles. The zero-order chi connectivity index (χ0) is 17.2. The molecule has 4 nitrogen and oxygen atoms in total. The lowest BCUT2D eigenvalue weighted by Gasteiger charge is -2.19. The summed E-state index contributed by atoms with van der Waals surface area (Å²) in [5.41, 5.74) is 5.22. The number of nitrogen functional groups attached to an aromatic ring is 1. The highest BCUT2D eigenvalue weighted by Gasteiger charge is 2.17. The first kappa shape index (κ1) is 16.7. The topological polar surface area (TPSA) is 64.3 Å². The van der Waals surface area contributed by atoms with Gasteiger partial charge in [0, 0.05) is 11.4 Å². The molecule has 2 aromatic rings. The van der Waals surface area contributed by atoms with E-state index in [1.165, 1.54) is 12.1 Å². The minimum Gasteiger partial charge on any atom is -0.444 e. The predicted molar refractivity (Wildman–Crippen MR) is 86.1 cm³/mol. The van der Waals surface area contributed by atoms with Crippen LogP contribution in [0.1, 0.15) is 20.8 Å². The van der Waals surface area contributed by atoms with E-state index in [2.05, 4.69) is 5.32 Å². The minimum absolute atomic E-state index is 0.00628. The van der Waals surface area contributed by atoms with Crippen LogP contribution in [0.3, 0.4) is 0 Å². The molecule has 0 fully saturated rings. The molecule has 3 N–H and O–H groups in total. The third-order valence-electron chi connectivity index (χ3n) is 2.86. The Morgan fingerprint density at radius 1 is 1.13 bits per heavy atom. The van der Waals surface area contributed by atoms with Crippen molar-refractivity contribution in [2.75, 3.05) is 11.1 Å². The van der Waals surface area contributed by atoms with Gasteiger partial charge < -0.3 is 10.5 Å². The number of nitrogens with two attached hydrogens (primary N) is 1. The second-order valence-corrected chi connectivity index (χ2v) is 6.07. The molecule has 2 rings (SSSR count). The van der Waals surface area contributed by atoms with Gasteiger partial charge in [-0.1, -0.05) is 12.1 Å². The van der Waals surface area contributed by atoms with Crippen LogP contribution in [-0.4, -0.2) is 11.7 Å². The van der Waals surface area contributed by atoms with Crippen molar-refractivity contribution < 1.29 is 18.3 Å². The highest BCUT2D eigenvalue weighted by Crippen LogP contribution is 2.29. The molecule has 23 heavy (non-hydrogen) atoms. The van der Waals surface area contributed by atoms with Gasteiger partial charge in [-0.3, -0.25) is 5.32 Å². The molecule has 0 atom stereocenters. The van der Waals surface area contributed by atoms with Crippen molar-refractivity contribution in [3.05, 3.63) is 48.0 Å². The van der Waals surface area contributed by atoms with Crippen LogP contribution < -0.4 is 11.1 Å². The zero-order valence-electron chi connectivity index (χ0n) is 13.1. The molecular formula is C17H18F2N2O2. The zero-order valence-corrected chi connectivity index (χ0v) is 13.1. The minimum atomic E-state index is -0.767. The maximum absolute atomic E-state index is 14.0. The van der Waals surface area contributed by atoms with Crippen molar-refractivity contribution in [2.45, 2.75) is 26.4 Å².